The number of nitrogens with zero attached hydrogens (tertiary/aromatic N) is 3. The number of nitrogens with one attached hydrogen (secondary N) is 1. The van der Waals surface area contributed by atoms with Gasteiger partial charge in [0.2, 0.25) is 0 Å². The molecule has 0 fully saturated rings. The van der Waals surface area contributed by atoms with Crippen molar-refractivity contribution in [2.24, 2.45) is 0 Å². The third-order valence-electron chi connectivity index (χ3n) is 3.89. The molecule has 0 saturated heterocycles. The van der Waals surface area contributed by atoms with Gasteiger partial charge in [-0.1, -0.05) is 32.0 Å². The van der Waals surface area contributed by atoms with Crippen LogP contribution < -0.4 is 5.32 Å². The highest BCUT2D eigenvalue weighted by molar-refractivity contribution is 5.48. The molecule has 0 aliphatic heterocycles. The number of benzene rings is 2. The Kier molecular flexibility index (Phi) is 4.62. The average Bonchev–Trinajstić information content (AvgIpc) is 3.06. The average molecular weight is 316 g/mol. The van der Waals surface area contributed by atoms with Crippen LogP contribution in [-0.2, 0) is 6.54 Å². The molecule has 0 radical (unpaired) electrons. The van der Waals surface area contributed by atoms with E-state index in [1.165, 1.54) is 5.56 Å². The highest BCUT2D eigenvalue weighted by Crippen LogP contribution is 2.21. The van der Waals surface area contributed by atoms with Crippen LogP contribution in [0.5, 0.6) is 0 Å². The van der Waals surface area contributed by atoms with Gasteiger partial charge in [-0.05, 0) is 42.3 Å². The van der Waals surface area contributed by atoms with Crippen molar-refractivity contribution in [3.05, 3.63) is 77.6 Å². The van der Waals surface area contributed by atoms with Crippen LogP contribution in [0.25, 0.3) is 5.69 Å². The van der Waals surface area contributed by atoms with E-state index in [2.05, 4.69) is 43.6 Å². The van der Waals surface area contributed by atoms with Crippen molar-refractivity contribution in [2.75, 3.05) is 5.32 Å². The van der Waals surface area contributed by atoms with E-state index in [4.69, 9.17) is 10.4 Å². The van der Waals surface area contributed by atoms with Gasteiger partial charge in [0.25, 0.3) is 0 Å². The third kappa shape index (κ3) is 3.47. The molecule has 4 nitrogen and oxygen atoms in total. The molecule has 1 aromatic heterocycles. The molecule has 0 saturated carbocycles. The molecule has 1 N–H and O–H groups in total. The number of hydrogen-bond acceptors (Lipinski definition) is 3. The van der Waals surface area contributed by atoms with Gasteiger partial charge in [-0.3, -0.25) is 0 Å². The molecule has 0 atom stereocenters. The SMILES string of the molecule is CC(C)c1nn(-c2ccccc2)cc1CNc1ccc(C#N)cc1. The van der Waals surface area contributed by atoms with Gasteiger partial charge >= 0.3 is 0 Å². The van der Waals surface area contributed by atoms with Gasteiger partial charge in [0, 0.05) is 24.0 Å². The van der Waals surface area contributed by atoms with Crippen molar-refractivity contribution >= 4 is 5.69 Å². The summed E-state index contributed by atoms with van der Waals surface area (Å²) in [5.74, 6) is 0.354. The molecule has 1 heterocycles. The molecule has 120 valence electrons. The predicted octanol–water partition coefficient (Wildman–Crippen LogP) is 4.48. The van der Waals surface area contributed by atoms with E-state index in [1.54, 1.807) is 0 Å². The standard InChI is InChI=1S/C20H20N4/c1-15(2)20-17(13-22-18-10-8-16(12-21)9-11-18)14-24(23-20)19-6-4-3-5-7-19/h3-11,14-15,22H,13H2,1-2H3. The Hall–Kier alpha value is -3.06. The Morgan fingerprint density at radius 2 is 1.79 bits per heavy atom. The summed E-state index contributed by atoms with van der Waals surface area (Å²) in [6.45, 7) is 5.01. The Morgan fingerprint density at radius 3 is 2.42 bits per heavy atom. The zero-order valence-electron chi connectivity index (χ0n) is 13.9. The maximum atomic E-state index is 8.86. The van der Waals surface area contributed by atoms with Crippen LogP contribution in [0.2, 0.25) is 0 Å². The molecule has 2 aromatic carbocycles. The van der Waals surface area contributed by atoms with Crippen LogP contribution >= 0.6 is 0 Å². The summed E-state index contributed by atoms with van der Waals surface area (Å²) in [6.07, 6.45) is 2.08. The van der Waals surface area contributed by atoms with Crippen molar-refractivity contribution < 1.29 is 0 Å². The number of anilines is 1. The monoisotopic (exact) mass is 316 g/mol. The van der Waals surface area contributed by atoms with E-state index in [1.807, 2.05) is 47.1 Å². The second-order valence-electron chi connectivity index (χ2n) is 6.02. The number of rotatable bonds is 5. The van der Waals surface area contributed by atoms with Gasteiger partial charge in [-0.15, -0.1) is 0 Å². The Labute approximate surface area is 142 Å². The predicted molar refractivity (Wildman–Crippen MR) is 96.1 cm³/mol. The number of nitriles is 1. The molecule has 24 heavy (non-hydrogen) atoms. The summed E-state index contributed by atoms with van der Waals surface area (Å²) in [7, 11) is 0. The summed E-state index contributed by atoms with van der Waals surface area (Å²) < 4.78 is 1.94. The van der Waals surface area contributed by atoms with Crippen molar-refractivity contribution in [3.8, 4) is 11.8 Å². The van der Waals surface area contributed by atoms with E-state index >= 15 is 0 Å². The minimum Gasteiger partial charge on any atom is -0.381 e. The molecule has 0 unspecified atom stereocenters. The van der Waals surface area contributed by atoms with Crippen molar-refractivity contribution in [3.63, 3.8) is 0 Å². The van der Waals surface area contributed by atoms with Gasteiger partial charge < -0.3 is 5.32 Å². The molecule has 4 heteroatoms. The minimum atomic E-state index is 0.354. The lowest BCUT2D eigenvalue weighted by Crippen LogP contribution is -2.02. The Morgan fingerprint density at radius 1 is 1.08 bits per heavy atom. The smallest absolute Gasteiger partial charge is 0.0991 e. The van der Waals surface area contributed by atoms with Crippen LogP contribution in [0.3, 0.4) is 0 Å². The van der Waals surface area contributed by atoms with E-state index in [9.17, 15) is 0 Å². The molecule has 3 aromatic rings. The lowest BCUT2D eigenvalue weighted by molar-refractivity contribution is 0.763. The van der Waals surface area contributed by atoms with E-state index in [0.29, 0.717) is 18.0 Å². The lowest BCUT2D eigenvalue weighted by atomic mass is 10.1. The zero-order chi connectivity index (χ0) is 16.9. The summed E-state index contributed by atoms with van der Waals surface area (Å²) in [5.41, 5.74) is 5.00. The first kappa shape index (κ1) is 15.8. The molecular weight excluding hydrogens is 296 g/mol. The maximum absolute atomic E-state index is 8.86. The van der Waals surface area contributed by atoms with Crippen LogP contribution in [0, 0.1) is 11.3 Å². The highest BCUT2D eigenvalue weighted by atomic mass is 15.3. The maximum Gasteiger partial charge on any atom is 0.0991 e. The fourth-order valence-electron chi connectivity index (χ4n) is 2.62. The number of para-hydroxylation sites is 1. The van der Waals surface area contributed by atoms with Crippen molar-refractivity contribution in [1.82, 2.24) is 9.78 Å². The van der Waals surface area contributed by atoms with Gasteiger partial charge in [-0.25, -0.2) is 4.68 Å². The summed E-state index contributed by atoms with van der Waals surface area (Å²) in [5, 5.41) is 17.0. The zero-order valence-corrected chi connectivity index (χ0v) is 13.9. The van der Waals surface area contributed by atoms with Crippen LogP contribution in [0.1, 0.15) is 36.6 Å². The van der Waals surface area contributed by atoms with E-state index in [0.717, 1.165) is 17.1 Å². The second-order valence-corrected chi connectivity index (χ2v) is 6.02. The summed E-state index contributed by atoms with van der Waals surface area (Å²) in [4.78, 5) is 0. The van der Waals surface area contributed by atoms with Gasteiger partial charge in [0.05, 0.1) is 23.0 Å². The van der Waals surface area contributed by atoms with Crippen LogP contribution in [-0.4, -0.2) is 9.78 Å². The van der Waals surface area contributed by atoms with Gasteiger partial charge in [0.1, 0.15) is 0 Å². The quantitative estimate of drug-likeness (QED) is 0.755. The largest absolute Gasteiger partial charge is 0.381 e. The summed E-state index contributed by atoms with van der Waals surface area (Å²) >= 11 is 0. The molecule has 0 bridgehead atoms. The molecule has 0 aliphatic carbocycles. The van der Waals surface area contributed by atoms with Gasteiger partial charge in [-0.2, -0.15) is 10.4 Å². The summed E-state index contributed by atoms with van der Waals surface area (Å²) in [6, 6.07) is 19.8. The first-order valence-corrected chi connectivity index (χ1v) is 8.05. The molecule has 0 spiro atoms. The number of hydrogen-bond donors (Lipinski definition) is 1. The number of aromatic nitrogens is 2. The first-order chi connectivity index (χ1) is 11.7. The first-order valence-electron chi connectivity index (χ1n) is 8.05. The Balaban J connectivity index is 1.81. The van der Waals surface area contributed by atoms with E-state index in [-0.39, 0.29) is 0 Å². The topological polar surface area (TPSA) is 53.6 Å². The van der Waals surface area contributed by atoms with Crippen LogP contribution in [0.15, 0.2) is 60.8 Å². The Bertz CT molecular complexity index is 840. The fourth-order valence-corrected chi connectivity index (χ4v) is 2.62. The third-order valence-corrected chi connectivity index (χ3v) is 3.89. The van der Waals surface area contributed by atoms with Crippen LogP contribution in [0.4, 0.5) is 5.69 Å². The minimum absolute atomic E-state index is 0.354. The second kappa shape index (κ2) is 7.01. The van der Waals surface area contributed by atoms with Gasteiger partial charge in [0.15, 0.2) is 0 Å². The van der Waals surface area contributed by atoms with Crippen molar-refractivity contribution in [2.45, 2.75) is 26.3 Å². The molecular formula is C20H20N4. The molecule has 3 rings (SSSR count). The highest BCUT2D eigenvalue weighted by Gasteiger charge is 2.13. The van der Waals surface area contributed by atoms with E-state index < -0.39 is 0 Å². The van der Waals surface area contributed by atoms with Crippen molar-refractivity contribution in [1.29, 1.82) is 5.26 Å². The molecule has 0 aliphatic rings. The normalized spacial score (nSPS) is 10.6. The molecule has 0 amide bonds. The lowest BCUT2D eigenvalue weighted by Gasteiger charge is -2.08. The fraction of sp³-hybridized carbons (Fsp3) is 0.200.